The SMILES string of the molecule is CCN(C1CCOCC1)C1CN(S(=O)(=O)c2c(C)nn(C)c2C)C1. The fraction of sp³-hybridized carbons (Fsp3) is 0.812. The standard InChI is InChI=1S/C16H28N4O3S/c1-5-20(14-6-8-23-9-7-14)15-10-19(11-15)24(21,22)16-12(2)17-18(4)13(16)3/h14-15H,5-11H2,1-4H3. The van der Waals surface area contributed by atoms with E-state index in [9.17, 15) is 8.42 Å². The van der Waals surface area contributed by atoms with Crippen molar-refractivity contribution in [3.8, 4) is 0 Å². The van der Waals surface area contributed by atoms with Crippen molar-refractivity contribution < 1.29 is 13.2 Å². The molecule has 3 rings (SSSR count). The van der Waals surface area contributed by atoms with Crippen LogP contribution in [0.25, 0.3) is 0 Å². The van der Waals surface area contributed by atoms with Crippen LogP contribution in [0, 0.1) is 13.8 Å². The third-order valence-corrected chi connectivity index (χ3v) is 7.45. The normalized spacial score (nSPS) is 21.4. The number of ether oxygens (including phenoxy) is 1. The summed E-state index contributed by atoms with van der Waals surface area (Å²) in [6.45, 7) is 9.44. The van der Waals surface area contributed by atoms with Gasteiger partial charge in [0.1, 0.15) is 4.90 Å². The van der Waals surface area contributed by atoms with E-state index in [1.807, 2.05) is 6.92 Å². The number of aromatic nitrogens is 2. The molecule has 2 aliphatic heterocycles. The molecular weight excluding hydrogens is 328 g/mol. The van der Waals surface area contributed by atoms with E-state index in [1.54, 1.807) is 23.0 Å². The molecule has 3 heterocycles. The Kier molecular flexibility index (Phi) is 5.01. The average Bonchev–Trinajstić information content (AvgIpc) is 2.76. The highest BCUT2D eigenvalue weighted by Gasteiger charge is 2.43. The minimum absolute atomic E-state index is 0.310. The number of sulfonamides is 1. The summed E-state index contributed by atoms with van der Waals surface area (Å²) in [4.78, 5) is 2.83. The Bertz CT molecular complexity index is 688. The van der Waals surface area contributed by atoms with Crippen LogP contribution >= 0.6 is 0 Å². The van der Waals surface area contributed by atoms with Gasteiger partial charge in [0.25, 0.3) is 0 Å². The van der Waals surface area contributed by atoms with E-state index in [0.29, 0.717) is 41.5 Å². The first-order chi connectivity index (χ1) is 11.4. The van der Waals surface area contributed by atoms with Crippen molar-refractivity contribution in [2.24, 2.45) is 7.05 Å². The monoisotopic (exact) mass is 356 g/mol. The zero-order valence-corrected chi connectivity index (χ0v) is 15.8. The minimum atomic E-state index is -3.45. The molecule has 1 aromatic heterocycles. The fourth-order valence-corrected chi connectivity index (χ4v) is 5.82. The van der Waals surface area contributed by atoms with Crippen molar-refractivity contribution in [3.63, 3.8) is 0 Å². The third-order valence-electron chi connectivity index (χ3n) is 5.36. The van der Waals surface area contributed by atoms with E-state index >= 15 is 0 Å². The second-order valence-corrected chi connectivity index (χ2v) is 8.65. The molecule has 0 unspecified atom stereocenters. The van der Waals surface area contributed by atoms with Crippen LogP contribution in [-0.4, -0.2) is 72.3 Å². The molecule has 0 atom stereocenters. The summed E-state index contributed by atoms with van der Waals surface area (Å²) in [5, 5.41) is 4.25. The van der Waals surface area contributed by atoms with Gasteiger partial charge in [-0.15, -0.1) is 0 Å². The second kappa shape index (κ2) is 6.74. The Balaban J connectivity index is 1.70. The van der Waals surface area contributed by atoms with Crippen LogP contribution < -0.4 is 0 Å². The van der Waals surface area contributed by atoms with Crippen LogP contribution in [-0.2, 0) is 21.8 Å². The Hall–Kier alpha value is -0.960. The maximum absolute atomic E-state index is 12.9. The van der Waals surface area contributed by atoms with Crippen molar-refractivity contribution in [1.82, 2.24) is 19.0 Å². The van der Waals surface area contributed by atoms with Gasteiger partial charge in [0.2, 0.25) is 10.0 Å². The van der Waals surface area contributed by atoms with Crippen LogP contribution in [0.5, 0.6) is 0 Å². The largest absolute Gasteiger partial charge is 0.381 e. The molecule has 2 fully saturated rings. The zero-order chi connectivity index (χ0) is 17.5. The average molecular weight is 356 g/mol. The molecule has 136 valence electrons. The molecule has 24 heavy (non-hydrogen) atoms. The van der Waals surface area contributed by atoms with Gasteiger partial charge in [0.15, 0.2) is 0 Å². The topological polar surface area (TPSA) is 67.7 Å². The third kappa shape index (κ3) is 3.00. The lowest BCUT2D eigenvalue weighted by Gasteiger charge is -2.48. The van der Waals surface area contributed by atoms with Crippen molar-refractivity contribution in [2.75, 3.05) is 32.8 Å². The molecule has 7 nitrogen and oxygen atoms in total. The number of hydrogen-bond donors (Lipinski definition) is 0. The van der Waals surface area contributed by atoms with Crippen LogP contribution in [0.1, 0.15) is 31.2 Å². The summed E-state index contributed by atoms with van der Waals surface area (Å²) < 4.78 is 34.6. The smallest absolute Gasteiger partial charge is 0.246 e. The molecule has 0 N–H and O–H groups in total. The number of hydrogen-bond acceptors (Lipinski definition) is 5. The summed E-state index contributed by atoms with van der Waals surface area (Å²) in [5.41, 5.74) is 1.28. The van der Waals surface area contributed by atoms with Crippen LogP contribution in [0.3, 0.4) is 0 Å². The quantitative estimate of drug-likeness (QED) is 0.784. The van der Waals surface area contributed by atoms with Gasteiger partial charge in [-0.1, -0.05) is 6.92 Å². The first-order valence-electron chi connectivity index (χ1n) is 8.70. The lowest BCUT2D eigenvalue weighted by atomic mass is 10.0. The Morgan fingerprint density at radius 1 is 1.21 bits per heavy atom. The number of likely N-dealkylation sites (N-methyl/N-ethyl adjacent to an activating group) is 1. The van der Waals surface area contributed by atoms with Gasteiger partial charge in [0.05, 0.1) is 11.4 Å². The Labute approximate surface area is 144 Å². The van der Waals surface area contributed by atoms with E-state index in [1.165, 1.54) is 0 Å². The Morgan fingerprint density at radius 3 is 2.33 bits per heavy atom. The lowest BCUT2D eigenvalue weighted by molar-refractivity contribution is -0.00748. The number of nitrogens with zero attached hydrogens (tertiary/aromatic N) is 4. The predicted octanol–water partition coefficient (Wildman–Crippen LogP) is 0.911. The highest BCUT2D eigenvalue weighted by Crippen LogP contribution is 2.30. The maximum atomic E-state index is 12.9. The Morgan fingerprint density at radius 2 is 1.83 bits per heavy atom. The first-order valence-corrected chi connectivity index (χ1v) is 10.1. The van der Waals surface area contributed by atoms with Gasteiger partial charge in [-0.3, -0.25) is 9.58 Å². The van der Waals surface area contributed by atoms with E-state index in [-0.39, 0.29) is 0 Å². The van der Waals surface area contributed by atoms with Gasteiger partial charge in [0, 0.05) is 45.4 Å². The lowest BCUT2D eigenvalue weighted by Crippen LogP contribution is -2.63. The van der Waals surface area contributed by atoms with Crippen LogP contribution in [0.15, 0.2) is 4.90 Å². The van der Waals surface area contributed by atoms with E-state index in [2.05, 4.69) is 16.9 Å². The van der Waals surface area contributed by atoms with Gasteiger partial charge in [-0.2, -0.15) is 9.40 Å². The molecule has 0 aromatic carbocycles. The molecule has 0 spiro atoms. The van der Waals surface area contributed by atoms with E-state index < -0.39 is 10.0 Å². The molecule has 2 saturated heterocycles. The molecule has 0 bridgehead atoms. The summed E-state index contributed by atoms with van der Waals surface area (Å²) in [6, 6.07) is 0.825. The molecule has 8 heteroatoms. The molecule has 0 aliphatic carbocycles. The number of rotatable bonds is 5. The summed E-state index contributed by atoms with van der Waals surface area (Å²) in [6.07, 6.45) is 2.08. The highest BCUT2D eigenvalue weighted by atomic mass is 32.2. The molecule has 1 aromatic rings. The summed E-state index contributed by atoms with van der Waals surface area (Å²) >= 11 is 0. The molecular formula is C16H28N4O3S. The van der Waals surface area contributed by atoms with Crippen molar-refractivity contribution >= 4 is 10.0 Å². The second-order valence-electron chi connectivity index (χ2n) is 6.77. The van der Waals surface area contributed by atoms with Gasteiger partial charge in [-0.05, 0) is 33.2 Å². The van der Waals surface area contributed by atoms with Gasteiger partial charge < -0.3 is 4.74 Å². The van der Waals surface area contributed by atoms with Gasteiger partial charge >= 0.3 is 0 Å². The van der Waals surface area contributed by atoms with Crippen LogP contribution in [0.2, 0.25) is 0 Å². The highest BCUT2D eigenvalue weighted by molar-refractivity contribution is 7.89. The minimum Gasteiger partial charge on any atom is -0.381 e. The molecule has 2 aliphatic rings. The van der Waals surface area contributed by atoms with E-state index in [4.69, 9.17) is 4.74 Å². The maximum Gasteiger partial charge on any atom is 0.246 e. The number of aryl methyl sites for hydroxylation is 2. The van der Waals surface area contributed by atoms with E-state index in [0.717, 1.165) is 32.6 Å². The molecule has 0 saturated carbocycles. The summed E-state index contributed by atoms with van der Waals surface area (Å²) in [5.74, 6) is 0. The van der Waals surface area contributed by atoms with Crippen molar-refractivity contribution in [1.29, 1.82) is 0 Å². The predicted molar refractivity (Wildman–Crippen MR) is 91.4 cm³/mol. The van der Waals surface area contributed by atoms with Crippen LogP contribution in [0.4, 0.5) is 0 Å². The van der Waals surface area contributed by atoms with Gasteiger partial charge in [-0.25, -0.2) is 8.42 Å². The molecule has 0 radical (unpaired) electrons. The van der Waals surface area contributed by atoms with Crippen molar-refractivity contribution in [3.05, 3.63) is 11.4 Å². The van der Waals surface area contributed by atoms with Crippen molar-refractivity contribution in [2.45, 2.75) is 50.6 Å². The fourth-order valence-electron chi connectivity index (χ4n) is 3.91. The zero-order valence-electron chi connectivity index (χ0n) is 15.0. The molecule has 0 amide bonds. The first kappa shape index (κ1) is 17.8. The summed E-state index contributed by atoms with van der Waals surface area (Å²) in [7, 11) is -1.67.